The Hall–Kier alpha value is -1.59. The van der Waals surface area contributed by atoms with Gasteiger partial charge in [-0.15, -0.1) is 0 Å². The van der Waals surface area contributed by atoms with Crippen molar-refractivity contribution < 1.29 is 9.59 Å². The molecule has 0 spiro atoms. The summed E-state index contributed by atoms with van der Waals surface area (Å²) < 4.78 is 0. The predicted molar refractivity (Wildman–Crippen MR) is 79.7 cm³/mol. The molecule has 20 heavy (non-hydrogen) atoms. The smallest absolute Gasteiger partial charge is 0.227 e. The average molecular weight is 296 g/mol. The zero-order valence-corrected chi connectivity index (χ0v) is 12.0. The number of rotatable bonds is 3. The van der Waals surface area contributed by atoms with Gasteiger partial charge in [0.2, 0.25) is 11.8 Å². The first-order valence-corrected chi connectivity index (χ1v) is 6.97. The molecule has 1 aromatic carbocycles. The summed E-state index contributed by atoms with van der Waals surface area (Å²) in [6.07, 6.45) is 2.38. The lowest BCUT2D eigenvalue weighted by Crippen LogP contribution is -2.23. The lowest BCUT2D eigenvalue weighted by molar-refractivity contribution is -0.119. The minimum atomic E-state index is -0.217. The molecule has 108 valence electrons. The van der Waals surface area contributed by atoms with Gasteiger partial charge in [-0.1, -0.05) is 11.6 Å². The van der Waals surface area contributed by atoms with Gasteiger partial charge in [0.05, 0.1) is 11.4 Å². The van der Waals surface area contributed by atoms with E-state index in [4.69, 9.17) is 17.3 Å². The molecule has 0 saturated heterocycles. The number of hydrogen-bond donors (Lipinski definition) is 3. The maximum atomic E-state index is 12.2. The molecule has 1 aromatic rings. The zero-order chi connectivity index (χ0) is 14.7. The third-order valence-corrected chi connectivity index (χ3v) is 3.63. The fraction of sp³-hybridized carbons (Fsp3) is 0.429. The van der Waals surface area contributed by atoms with Crippen molar-refractivity contribution in [2.75, 3.05) is 10.6 Å². The van der Waals surface area contributed by atoms with Crippen molar-refractivity contribution >= 4 is 34.8 Å². The minimum Gasteiger partial charge on any atom is -0.328 e. The molecule has 1 saturated carbocycles. The third kappa shape index (κ3) is 3.71. The first-order chi connectivity index (χ1) is 9.45. The summed E-state index contributed by atoms with van der Waals surface area (Å²) >= 11 is 5.90. The van der Waals surface area contributed by atoms with Gasteiger partial charge >= 0.3 is 0 Å². The molecule has 0 heterocycles. The Labute approximate surface area is 122 Å². The van der Waals surface area contributed by atoms with Crippen molar-refractivity contribution in [3.8, 4) is 0 Å². The van der Waals surface area contributed by atoms with E-state index in [-0.39, 0.29) is 23.8 Å². The van der Waals surface area contributed by atoms with Crippen LogP contribution in [0.1, 0.15) is 26.2 Å². The summed E-state index contributed by atoms with van der Waals surface area (Å²) in [7, 11) is 0. The molecule has 1 aliphatic rings. The van der Waals surface area contributed by atoms with E-state index in [9.17, 15) is 9.59 Å². The van der Waals surface area contributed by atoms with Crippen LogP contribution in [0.25, 0.3) is 0 Å². The highest BCUT2D eigenvalue weighted by Crippen LogP contribution is 2.29. The standard InChI is InChI=1S/C14H18ClN3O2/c1-8(19)17-13-7-10(15)3-5-12(13)18-14(20)9-2-4-11(16)6-9/h3,5,7,9,11H,2,4,6,16H2,1H3,(H,17,19)(H,18,20). The highest BCUT2D eigenvalue weighted by Gasteiger charge is 2.28. The maximum absolute atomic E-state index is 12.2. The van der Waals surface area contributed by atoms with Crippen molar-refractivity contribution in [2.45, 2.75) is 32.2 Å². The second-order valence-electron chi connectivity index (χ2n) is 5.13. The van der Waals surface area contributed by atoms with Crippen LogP contribution in [-0.4, -0.2) is 17.9 Å². The Morgan fingerprint density at radius 1 is 1.25 bits per heavy atom. The van der Waals surface area contributed by atoms with Gasteiger partial charge in [0.15, 0.2) is 0 Å². The lowest BCUT2D eigenvalue weighted by atomic mass is 10.1. The largest absolute Gasteiger partial charge is 0.328 e. The first kappa shape index (κ1) is 14.8. The molecular formula is C14H18ClN3O2. The maximum Gasteiger partial charge on any atom is 0.227 e. The number of nitrogens with one attached hydrogen (secondary N) is 2. The van der Waals surface area contributed by atoms with E-state index in [0.29, 0.717) is 22.8 Å². The van der Waals surface area contributed by atoms with Gasteiger partial charge in [-0.2, -0.15) is 0 Å². The van der Waals surface area contributed by atoms with Crippen molar-refractivity contribution in [1.82, 2.24) is 0 Å². The summed E-state index contributed by atoms with van der Waals surface area (Å²) in [5.74, 6) is -0.344. The van der Waals surface area contributed by atoms with Gasteiger partial charge < -0.3 is 16.4 Å². The molecule has 5 nitrogen and oxygen atoms in total. The van der Waals surface area contributed by atoms with Gasteiger partial charge in [-0.3, -0.25) is 9.59 Å². The molecule has 6 heteroatoms. The summed E-state index contributed by atoms with van der Waals surface area (Å²) in [6.45, 7) is 1.41. The number of benzene rings is 1. The molecule has 2 unspecified atom stereocenters. The molecule has 4 N–H and O–H groups in total. The van der Waals surface area contributed by atoms with Crippen LogP contribution in [0.2, 0.25) is 5.02 Å². The van der Waals surface area contributed by atoms with Crippen LogP contribution in [0.3, 0.4) is 0 Å². The number of nitrogens with two attached hydrogens (primary N) is 1. The van der Waals surface area contributed by atoms with E-state index >= 15 is 0 Å². The summed E-state index contributed by atoms with van der Waals surface area (Å²) in [6, 6.07) is 5.06. The van der Waals surface area contributed by atoms with Crippen molar-refractivity contribution in [3.63, 3.8) is 0 Å². The van der Waals surface area contributed by atoms with E-state index in [0.717, 1.165) is 12.8 Å². The Morgan fingerprint density at radius 2 is 2.00 bits per heavy atom. The van der Waals surface area contributed by atoms with Crippen molar-refractivity contribution in [1.29, 1.82) is 0 Å². The first-order valence-electron chi connectivity index (χ1n) is 6.59. The number of hydrogen-bond acceptors (Lipinski definition) is 3. The molecule has 0 aliphatic heterocycles. The van der Waals surface area contributed by atoms with Gasteiger partial charge in [-0.25, -0.2) is 0 Å². The van der Waals surface area contributed by atoms with Crippen molar-refractivity contribution in [2.24, 2.45) is 11.7 Å². The molecule has 0 aromatic heterocycles. The molecule has 1 aliphatic carbocycles. The van der Waals surface area contributed by atoms with Crippen LogP contribution in [0, 0.1) is 5.92 Å². The highest BCUT2D eigenvalue weighted by atomic mass is 35.5. The number of amides is 2. The molecule has 1 fully saturated rings. The molecular weight excluding hydrogens is 278 g/mol. The van der Waals surface area contributed by atoms with Crippen LogP contribution in [0.5, 0.6) is 0 Å². The van der Waals surface area contributed by atoms with Crippen LogP contribution in [0.4, 0.5) is 11.4 Å². The summed E-state index contributed by atoms with van der Waals surface area (Å²) in [4.78, 5) is 23.3. The Kier molecular flexibility index (Phi) is 4.62. The van der Waals surface area contributed by atoms with Gasteiger partial charge in [-0.05, 0) is 37.5 Å². The molecule has 2 atom stereocenters. The Balaban J connectivity index is 2.12. The van der Waals surface area contributed by atoms with Gasteiger partial charge in [0.25, 0.3) is 0 Å². The normalized spacial score (nSPS) is 21.6. The van der Waals surface area contributed by atoms with Crippen LogP contribution in [0.15, 0.2) is 18.2 Å². The number of anilines is 2. The summed E-state index contributed by atoms with van der Waals surface area (Å²) in [5, 5.41) is 5.99. The Bertz CT molecular complexity index is 533. The minimum absolute atomic E-state index is 0.0631. The predicted octanol–water partition coefficient (Wildman–Crippen LogP) is 2.36. The second-order valence-corrected chi connectivity index (χ2v) is 5.57. The number of carbonyl (C=O) groups excluding carboxylic acids is 2. The van der Waals surface area contributed by atoms with Gasteiger partial charge in [0, 0.05) is 23.9 Å². The van der Waals surface area contributed by atoms with E-state index in [1.165, 1.54) is 6.92 Å². The number of carbonyl (C=O) groups is 2. The fourth-order valence-corrected chi connectivity index (χ4v) is 2.58. The quantitative estimate of drug-likeness (QED) is 0.800. The molecule has 0 radical (unpaired) electrons. The van der Waals surface area contributed by atoms with E-state index in [1.807, 2.05) is 0 Å². The summed E-state index contributed by atoms with van der Waals surface area (Å²) in [5.41, 5.74) is 6.87. The van der Waals surface area contributed by atoms with Crippen LogP contribution in [-0.2, 0) is 9.59 Å². The van der Waals surface area contributed by atoms with Crippen LogP contribution >= 0.6 is 11.6 Å². The van der Waals surface area contributed by atoms with E-state index in [1.54, 1.807) is 18.2 Å². The fourth-order valence-electron chi connectivity index (χ4n) is 2.41. The lowest BCUT2D eigenvalue weighted by Gasteiger charge is -2.14. The van der Waals surface area contributed by atoms with Gasteiger partial charge in [0.1, 0.15) is 0 Å². The van der Waals surface area contributed by atoms with Crippen molar-refractivity contribution in [3.05, 3.63) is 23.2 Å². The van der Waals surface area contributed by atoms with Crippen LogP contribution < -0.4 is 16.4 Å². The SMILES string of the molecule is CC(=O)Nc1cc(Cl)ccc1NC(=O)C1CCC(N)C1. The second kappa shape index (κ2) is 6.24. The average Bonchev–Trinajstić information content (AvgIpc) is 2.78. The van der Waals surface area contributed by atoms with E-state index in [2.05, 4.69) is 10.6 Å². The Morgan fingerprint density at radius 3 is 2.60 bits per heavy atom. The number of halogens is 1. The highest BCUT2D eigenvalue weighted by molar-refractivity contribution is 6.31. The topological polar surface area (TPSA) is 84.2 Å². The molecule has 2 amide bonds. The third-order valence-electron chi connectivity index (χ3n) is 3.39. The monoisotopic (exact) mass is 295 g/mol. The zero-order valence-electron chi connectivity index (χ0n) is 11.3. The molecule has 0 bridgehead atoms. The molecule has 2 rings (SSSR count). The van der Waals surface area contributed by atoms with E-state index < -0.39 is 0 Å².